The lowest BCUT2D eigenvalue weighted by atomic mass is 9.97. The average Bonchev–Trinajstić information content (AvgIpc) is 2.49. The summed E-state index contributed by atoms with van der Waals surface area (Å²) in [5.74, 6) is 1.43. The van der Waals surface area contributed by atoms with Gasteiger partial charge in [0.2, 0.25) is 0 Å². The van der Waals surface area contributed by atoms with E-state index in [1.54, 1.807) is 0 Å². The number of alkyl halides is 1. The van der Waals surface area contributed by atoms with Crippen LogP contribution in [0.15, 0.2) is 12.2 Å². The third kappa shape index (κ3) is 3.65. The second-order valence-electron chi connectivity index (χ2n) is 4.54. The zero-order valence-corrected chi connectivity index (χ0v) is 10.3. The van der Waals surface area contributed by atoms with Crippen LogP contribution in [-0.2, 0) is 0 Å². The minimum Gasteiger partial charge on any atom is -0.123 e. The molecule has 0 radical (unpaired) electrons. The number of halogens is 1. The van der Waals surface area contributed by atoms with Crippen molar-refractivity contribution in [2.24, 2.45) is 11.8 Å². The van der Waals surface area contributed by atoms with Crippen LogP contribution in [-0.4, -0.2) is 5.38 Å². The maximum absolute atomic E-state index is 6.19. The summed E-state index contributed by atoms with van der Waals surface area (Å²) in [6.07, 6.45) is 12.5. The summed E-state index contributed by atoms with van der Waals surface area (Å²) >= 11 is 6.19. The van der Waals surface area contributed by atoms with Crippen molar-refractivity contribution in [1.29, 1.82) is 0 Å². The number of unbranched alkanes of at least 4 members (excludes halogenated alkanes) is 3. The van der Waals surface area contributed by atoms with Crippen molar-refractivity contribution in [3.63, 3.8) is 0 Å². The van der Waals surface area contributed by atoms with Crippen LogP contribution in [0.1, 0.15) is 52.4 Å². The quantitative estimate of drug-likeness (QED) is 0.351. The highest BCUT2D eigenvalue weighted by atomic mass is 35.5. The lowest BCUT2D eigenvalue weighted by Crippen LogP contribution is -2.08. The van der Waals surface area contributed by atoms with E-state index in [1.807, 2.05) is 0 Å². The van der Waals surface area contributed by atoms with Crippen molar-refractivity contribution in [2.45, 2.75) is 57.7 Å². The van der Waals surface area contributed by atoms with Crippen LogP contribution < -0.4 is 0 Å². The van der Waals surface area contributed by atoms with Crippen molar-refractivity contribution in [2.75, 3.05) is 0 Å². The molecule has 1 aliphatic rings. The Morgan fingerprint density at radius 3 is 2.64 bits per heavy atom. The summed E-state index contributed by atoms with van der Waals surface area (Å²) in [5, 5.41) is 0.417. The molecule has 1 saturated carbocycles. The third-order valence-corrected chi connectivity index (χ3v) is 3.99. The highest BCUT2D eigenvalue weighted by Crippen LogP contribution is 2.36. The maximum atomic E-state index is 6.19. The molecule has 3 atom stereocenters. The molecule has 14 heavy (non-hydrogen) atoms. The number of hydrogen-bond acceptors (Lipinski definition) is 0. The van der Waals surface area contributed by atoms with E-state index in [9.17, 15) is 0 Å². The van der Waals surface area contributed by atoms with E-state index in [0.717, 1.165) is 5.92 Å². The van der Waals surface area contributed by atoms with Crippen LogP contribution in [0.25, 0.3) is 0 Å². The molecule has 0 amide bonds. The normalized spacial score (nSPS) is 32.9. The van der Waals surface area contributed by atoms with Crippen molar-refractivity contribution < 1.29 is 0 Å². The zero-order valence-electron chi connectivity index (χ0n) is 9.51. The molecule has 0 saturated heterocycles. The van der Waals surface area contributed by atoms with E-state index in [2.05, 4.69) is 26.0 Å². The van der Waals surface area contributed by atoms with Gasteiger partial charge in [-0.2, -0.15) is 0 Å². The molecular formula is C13H23Cl. The Hall–Kier alpha value is 0.0300. The number of rotatable bonds is 5. The summed E-state index contributed by atoms with van der Waals surface area (Å²) in [5.41, 5.74) is 0. The fourth-order valence-corrected chi connectivity index (χ4v) is 2.51. The molecule has 82 valence electrons. The lowest BCUT2D eigenvalue weighted by Gasteiger charge is -2.12. The van der Waals surface area contributed by atoms with Gasteiger partial charge in [-0.1, -0.05) is 38.8 Å². The molecule has 0 aromatic rings. The van der Waals surface area contributed by atoms with Crippen LogP contribution in [0.2, 0.25) is 0 Å². The van der Waals surface area contributed by atoms with E-state index in [-0.39, 0.29) is 0 Å². The molecule has 1 heteroatoms. The monoisotopic (exact) mass is 214 g/mol. The molecule has 0 spiro atoms. The number of allylic oxidation sites excluding steroid dienone is 2. The molecule has 1 aliphatic carbocycles. The summed E-state index contributed by atoms with van der Waals surface area (Å²) in [7, 11) is 0. The third-order valence-electron chi connectivity index (χ3n) is 3.38. The summed E-state index contributed by atoms with van der Waals surface area (Å²) in [6, 6.07) is 0. The molecule has 1 fully saturated rings. The second-order valence-corrected chi connectivity index (χ2v) is 5.10. The van der Waals surface area contributed by atoms with Gasteiger partial charge in [0.25, 0.3) is 0 Å². The number of hydrogen-bond donors (Lipinski definition) is 0. The maximum Gasteiger partial charge on any atom is 0.0367 e. The molecule has 0 N–H and O–H groups in total. The first-order chi connectivity index (χ1) is 6.75. The minimum atomic E-state index is 0.417. The molecule has 0 aromatic heterocycles. The fourth-order valence-electron chi connectivity index (χ4n) is 2.20. The van der Waals surface area contributed by atoms with Crippen molar-refractivity contribution in [3.05, 3.63) is 12.2 Å². The predicted molar refractivity (Wildman–Crippen MR) is 64.8 cm³/mol. The Morgan fingerprint density at radius 1 is 1.29 bits per heavy atom. The van der Waals surface area contributed by atoms with Gasteiger partial charge in [0.15, 0.2) is 0 Å². The standard InChI is InChI=1S/C13H23Cl/c1-3-4-5-6-7-8-12-9-10-13(14)11(12)2/h7-8,11-13H,3-6,9-10H2,1-2H3/b8-7+/t11?,12?,13-/m1/s1. The first kappa shape index (κ1) is 12.1. The summed E-state index contributed by atoms with van der Waals surface area (Å²) in [6.45, 7) is 4.53. The van der Waals surface area contributed by atoms with Gasteiger partial charge < -0.3 is 0 Å². The van der Waals surface area contributed by atoms with E-state index >= 15 is 0 Å². The molecule has 0 nitrogen and oxygen atoms in total. The van der Waals surface area contributed by atoms with Crippen molar-refractivity contribution in [1.82, 2.24) is 0 Å². The topological polar surface area (TPSA) is 0 Å². The Kier molecular flexibility index (Phi) is 5.62. The Labute approximate surface area is 93.7 Å². The Morgan fingerprint density at radius 2 is 2.07 bits per heavy atom. The molecule has 0 heterocycles. The first-order valence-electron chi connectivity index (χ1n) is 6.06. The molecule has 0 aliphatic heterocycles. The highest BCUT2D eigenvalue weighted by molar-refractivity contribution is 6.20. The predicted octanol–water partition coefficient (Wildman–Crippen LogP) is 4.78. The summed E-state index contributed by atoms with van der Waals surface area (Å²) < 4.78 is 0. The van der Waals surface area contributed by atoms with E-state index in [1.165, 1.54) is 38.5 Å². The molecular weight excluding hydrogens is 192 g/mol. The second kappa shape index (κ2) is 6.50. The van der Waals surface area contributed by atoms with Crippen LogP contribution in [0, 0.1) is 11.8 Å². The van der Waals surface area contributed by atoms with Gasteiger partial charge >= 0.3 is 0 Å². The molecule has 2 unspecified atom stereocenters. The SMILES string of the molecule is CCCCC/C=C/C1CC[C@@H](Cl)C1C. The van der Waals surface area contributed by atoms with Crippen molar-refractivity contribution >= 4 is 11.6 Å². The van der Waals surface area contributed by atoms with Gasteiger partial charge in [-0.3, -0.25) is 0 Å². The Bertz CT molecular complexity index is 174. The Balaban J connectivity index is 2.17. The van der Waals surface area contributed by atoms with E-state index in [4.69, 9.17) is 11.6 Å². The van der Waals surface area contributed by atoms with Crippen molar-refractivity contribution in [3.8, 4) is 0 Å². The highest BCUT2D eigenvalue weighted by Gasteiger charge is 2.29. The smallest absolute Gasteiger partial charge is 0.0367 e. The molecule has 0 aromatic carbocycles. The largest absolute Gasteiger partial charge is 0.123 e. The van der Waals surface area contributed by atoms with E-state index < -0.39 is 0 Å². The minimum absolute atomic E-state index is 0.417. The van der Waals surface area contributed by atoms with Gasteiger partial charge in [0.05, 0.1) is 0 Å². The van der Waals surface area contributed by atoms with Crippen LogP contribution in [0.4, 0.5) is 0 Å². The fraction of sp³-hybridized carbons (Fsp3) is 0.846. The van der Waals surface area contributed by atoms with Gasteiger partial charge in [0, 0.05) is 5.38 Å². The average molecular weight is 215 g/mol. The van der Waals surface area contributed by atoms with E-state index in [0.29, 0.717) is 11.3 Å². The van der Waals surface area contributed by atoms with Gasteiger partial charge in [0.1, 0.15) is 0 Å². The van der Waals surface area contributed by atoms with Crippen LogP contribution in [0.3, 0.4) is 0 Å². The van der Waals surface area contributed by atoms with Gasteiger partial charge in [-0.25, -0.2) is 0 Å². The molecule has 0 bridgehead atoms. The van der Waals surface area contributed by atoms with Gasteiger partial charge in [-0.05, 0) is 37.5 Å². The zero-order chi connectivity index (χ0) is 10.4. The van der Waals surface area contributed by atoms with Crippen LogP contribution in [0.5, 0.6) is 0 Å². The lowest BCUT2D eigenvalue weighted by molar-refractivity contribution is 0.506. The van der Waals surface area contributed by atoms with Crippen LogP contribution >= 0.6 is 11.6 Å². The molecule has 1 rings (SSSR count). The van der Waals surface area contributed by atoms with Gasteiger partial charge in [-0.15, -0.1) is 11.6 Å². The first-order valence-corrected chi connectivity index (χ1v) is 6.50. The summed E-state index contributed by atoms with van der Waals surface area (Å²) in [4.78, 5) is 0.